The highest BCUT2D eigenvalue weighted by Crippen LogP contribution is 2.20. The Kier molecular flexibility index (Phi) is 5.37. The van der Waals surface area contributed by atoms with Gasteiger partial charge < -0.3 is 15.5 Å². The van der Waals surface area contributed by atoms with Crippen molar-refractivity contribution in [3.05, 3.63) is 43.0 Å². The zero-order valence-electron chi connectivity index (χ0n) is 12.4. The quantitative estimate of drug-likeness (QED) is 0.490. The standard InChI is InChI=1S/C16H22N4O/c1-3-10-18-16(17-4-2)19-13-11-15(21)20(12-13)14-8-6-5-7-9-14/h3,5-9,13H,1,4,10-12H2,2H3,(H2,17,18,19). The Morgan fingerprint density at radius 1 is 1.48 bits per heavy atom. The van der Waals surface area contributed by atoms with E-state index in [9.17, 15) is 4.79 Å². The fraction of sp³-hybridized carbons (Fsp3) is 0.375. The van der Waals surface area contributed by atoms with E-state index in [0.717, 1.165) is 18.2 Å². The maximum absolute atomic E-state index is 12.1. The van der Waals surface area contributed by atoms with Crippen LogP contribution in [0.25, 0.3) is 0 Å². The third kappa shape index (κ3) is 4.08. The number of hydrogen-bond acceptors (Lipinski definition) is 2. The van der Waals surface area contributed by atoms with Crippen LogP contribution in [-0.2, 0) is 4.79 Å². The number of anilines is 1. The Morgan fingerprint density at radius 2 is 2.24 bits per heavy atom. The molecule has 2 N–H and O–H groups in total. The van der Waals surface area contributed by atoms with Crippen molar-refractivity contribution in [1.29, 1.82) is 0 Å². The summed E-state index contributed by atoms with van der Waals surface area (Å²) in [4.78, 5) is 18.3. The van der Waals surface area contributed by atoms with Gasteiger partial charge in [-0.25, -0.2) is 4.99 Å². The Hall–Kier alpha value is -2.30. The molecular formula is C16H22N4O. The molecule has 1 saturated heterocycles. The molecule has 2 rings (SSSR count). The summed E-state index contributed by atoms with van der Waals surface area (Å²) in [7, 11) is 0. The van der Waals surface area contributed by atoms with Gasteiger partial charge in [-0.05, 0) is 19.1 Å². The SMILES string of the molecule is C=CCN=C(NCC)NC1CC(=O)N(c2ccccc2)C1. The molecule has 1 fully saturated rings. The van der Waals surface area contributed by atoms with Crippen LogP contribution in [0.3, 0.4) is 0 Å². The van der Waals surface area contributed by atoms with E-state index in [2.05, 4.69) is 22.2 Å². The summed E-state index contributed by atoms with van der Waals surface area (Å²) in [6, 6.07) is 9.82. The fourth-order valence-electron chi connectivity index (χ4n) is 2.33. The molecule has 1 amide bonds. The van der Waals surface area contributed by atoms with Gasteiger partial charge in [0.05, 0.1) is 12.6 Å². The molecule has 0 saturated carbocycles. The van der Waals surface area contributed by atoms with Crippen LogP contribution in [0.1, 0.15) is 13.3 Å². The zero-order valence-corrected chi connectivity index (χ0v) is 12.4. The smallest absolute Gasteiger partial charge is 0.229 e. The predicted octanol–water partition coefficient (Wildman–Crippen LogP) is 1.53. The van der Waals surface area contributed by atoms with E-state index in [0.29, 0.717) is 19.5 Å². The summed E-state index contributed by atoms with van der Waals surface area (Å²) in [6.07, 6.45) is 2.22. The molecule has 21 heavy (non-hydrogen) atoms. The first-order chi connectivity index (χ1) is 10.2. The van der Waals surface area contributed by atoms with E-state index in [-0.39, 0.29) is 11.9 Å². The molecule has 0 aliphatic carbocycles. The summed E-state index contributed by atoms with van der Waals surface area (Å²) in [5, 5.41) is 6.49. The van der Waals surface area contributed by atoms with E-state index in [1.54, 1.807) is 6.08 Å². The largest absolute Gasteiger partial charge is 0.357 e. The third-order valence-electron chi connectivity index (χ3n) is 3.26. The number of carbonyl (C=O) groups is 1. The lowest BCUT2D eigenvalue weighted by Gasteiger charge is -2.18. The highest BCUT2D eigenvalue weighted by molar-refractivity contribution is 5.97. The number of rotatable bonds is 5. The second-order valence-electron chi connectivity index (χ2n) is 4.89. The van der Waals surface area contributed by atoms with Crippen molar-refractivity contribution < 1.29 is 4.79 Å². The maximum atomic E-state index is 12.1. The number of amides is 1. The fourth-order valence-corrected chi connectivity index (χ4v) is 2.33. The van der Waals surface area contributed by atoms with Crippen LogP contribution in [-0.4, -0.2) is 37.5 Å². The number of nitrogens with one attached hydrogen (secondary N) is 2. The van der Waals surface area contributed by atoms with Crippen molar-refractivity contribution in [3.8, 4) is 0 Å². The molecule has 0 spiro atoms. The molecule has 1 unspecified atom stereocenters. The molecule has 5 nitrogen and oxygen atoms in total. The molecule has 1 aliphatic rings. The second-order valence-corrected chi connectivity index (χ2v) is 4.89. The number of benzene rings is 1. The first-order valence-corrected chi connectivity index (χ1v) is 7.25. The van der Waals surface area contributed by atoms with Gasteiger partial charge in [0.1, 0.15) is 0 Å². The molecule has 0 aromatic heterocycles. The molecule has 1 aliphatic heterocycles. The number of aliphatic imine (C=N–C) groups is 1. The molecule has 1 atom stereocenters. The van der Waals surface area contributed by atoms with Gasteiger partial charge in [0.25, 0.3) is 0 Å². The minimum atomic E-state index is 0.0697. The van der Waals surface area contributed by atoms with Gasteiger partial charge in [-0.1, -0.05) is 24.3 Å². The van der Waals surface area contributed by atoms with E-state index in [1.165, 1.54) is 0 Å². The third-order valence-corrected chi connectivity index (χ3v) is 3.26. The van der Waals surface area contributed by atoms with Gasteiger partial charge in [0, 0.05) is 25.2 Å². The van der Waals surface area contributed by atoms with E-state index in [1.807, 2.05) is 42.2 Å². The average Bonchev–Trinajstić information content (AvgIpc) is 2.86. The summed E-state index contributed by atoms with van der Waals surface area (Å²) in [6.45, 7) is 7.67. The maximum Gasteiger partial charge on any atom is 0.229 e. The molecule has 112 valence electrons. The highest BCUT2D eigenvalue weighted by Gasteiger charge is 2.30. The topological polar surface area (TPSA) is 56.7 Å². The Bertz CT molecular complexity index is 512. The van der Waals surface area contributed by atoms with Crippen LogP contribution < -0.4 is 15.5 Å². The van der Waals surface area contributed by atoms with Gasteiger partial charge in [0.15, 0.2) is 5.96 Å². The van der Waals surface area contributed by atoms with Gasteiger partial charge >= 0.3 is 0 Å². The molecule has 5 heteroatoms. The van der Waals surface area contributed by atoms with E-state index in [4.69, 9.17) is 0 Å². The van der Waals surface area contributed by atoms with Crippen LogP contribution in [0.5, 0.6) is 0 Å². The van der Waals surface area contributed by atoms with Crippen molar-refractivity contribution in [2.24, 2.45) is 4.99 Å². The molecule has 1 aromatic carbocycles. The first kappa shape index (κ1) is 15.1. The Balaban J connectivity index is 2.00. The number of guanidine groups is 1. The number of hydrogen-bond donors (Lipinski definition) is 2. The van der Waals surface area contributed by atoms with Crippen molar-refractivity contribution in [2.75, 3.05) is 24.5 Å². The lowest BCUT2D eigenvalue weighted by molar-refractivity contribution is -0.117. The van der Waals surface area contributed by atoms with Crippen LogP contribution >= 0.6 is 0 Å². The summed E-state index contributed by atoms with van der Waals surface area (Å²) in [5.41, 5.74) is 0.944. The lowest BCUT2D eigenvalue weighted by Crippen LogP contribution is -2.44. The van der Waals surface area contributed by atoms with Gasteiger partial charge in [-0.15, -0.1) is 6.58 Å². The minimum absolute atomic E-state index is 0.0697. The molecular weight excluding hydrogens is 264 g/mol. The second kappa shape index (κ2) is 7.47. The van der Waals surface area contributed by atoms with Crippen LogP contribution in [0.15, 0.2) is 48.0 Å². The molecule has 0 bridgehead atoms. The zero-order chi connectivity index (χ0) is 15.1. The van der Waals surface area contributed by atoms with Crippen LogP contribution in [0, 0.1) is 0 Å². The van der Waals surface area contributed by atoms with E-state index >= 15 is 0 Å². The molecule has 0 radical (unpaired) electrons. The van der Waals surface area contributed by atoms with Gasteiger partial charge in [-0.2, -0.15) is 0 Å². The van der Waals surface area contributed by atoms with Gasteiger partial charge in [-0.3, -0.25) is 4.79 Å². The van der Waals surface area contributed by atoms with Crippen molar-refractivity contribution in [2.45, 2.75) is 19.4 Å². The number of carbonyl (C=O) groups excluding carboxylic acids is 1. The molecule has 1 heterocycles. The summed E-state index contributed by atoms with van der Waals surface area (Å²) >= 11 is 0. The summed E-state index contributed by atoms with van der Waals surface area (Å²) < 4.78 is 0. The monoisotopic (exact) mass is 286 g/mol. The van der Waals surface area contributed by atoms with Crippen molar-refractivity contribution >= 4 is 17.6 Å². The minimum Gasteiger partial charge on any atom is -0.357 e. The normalized spacial score (nSPS) is 18.7. The van der Waals surface area contributed by atoms with Crippen LogP contribution in [0.2, 0.25) is 0 Å². The Labute approximate surface area is 125 Å². The van der Waals surface area contributed by atoms with E-state index < -0.39 is 0 Å². The van der Waals surface area contributed by atoms with Crippen LogP contribution in [0.4, 0.5) is 5.69 Å². The molecule has 1 aromatic rings. The van der Waals surface area contributed by atoms with Crippen molar-refractivity contribution in [3.63, 3.8) is 0 Å². The first-order valence-electron chi connectivity index (χ1n) is 7.25. The number of para-hydroxylation sites is 1. The highest BCUT2D eigenvalue weighted by atomic mass is 16.2. The van der Waals surface area contributed by atoms with Gasteiger partial charge in [0.2, 0.25) is 5.91 Å². The Morgan fingerprint density at radius 3 is 2.90 bits per heavy atom. The predicted molar refractivity (Wildman–Crippen MR) is 86.5 cm³/mol. The average molecular weight is 286 g/mol. The van der Waals surface area contributed by atoms with Crippen molar-refractivity contribution in [1.82, 2.24) is 10.6 Å². The summed E-state index contributed by atoms with van der Waals surface area (Å²) in [5.74, 6) is 0.864. The number of nitrogens with zero attached hydrogens (tertiary/aromatic N) is 2. The lowest BCUT2D eigenvalue weighted by atomic mass is 10.2.